The molecule has 0 aliphatic carbocycles. The highest BCUT2D eigenvalue weighted by atomic mass is 35.5. The number of ketones is 1. The lowest BCUT2D eigenvalue weighted by Crippen LogP contribution is -2.25. The maximum Gasteiger partial charge on any atom is 0.226 e. The minimum absolute atomic E-state index is 0.0141. The van der Waals surface area contributed by atoms with Crippen LogP contribution in [0.25, 0.3) is 11.3 Å². The number of Topliss-reactive ketones (excluding diaryl/α,β-unsaturated/α-hetero) is 1. The van der Waals surface area contributed by atoms with Gasteiger partial charge < -0.3 is 4.90 Å². The van der Waals surface area contributed by atoms with E-state index in [1.165, 1.54) is 0 Å². The summed E-state index contributed by atoms with van der Waals surface area (Å²) in [6, 6.07) is 13.2. The molecular formula is C24H24ClN3O2. The van der Waals surface area contributed by atoms with E-state index in [2.05, 4.69) is 9.97 Å². The van der Waals surface area contributed by atoms with Gasteiger partial charge in [-0.2, -0.15) is 0 Å². The third-order valence-corrected chi connectivity index (χ3v) is 5.41. The van der Waals surface area contributed by atoms with Crippen LogP contribution in [0.15, 0.2) is 54.9 Å². The molecule has 0 spiro atoms. The Morgan fingerprint density at radius 3 is 2.53 bits per heavy atom. The number of pyridine rings is 2. The molecule has 0 saturated heterocycles. The van der Waals surface area contributed by atoms with E-state index >= 15 is 0 Å². The molecule has 0 atom stereocenters. The summed E-state index contributed by atoms with van der Waals surface area (Å²) in [7, 11) is 1.78. The van der Waals surface area contributed by atoms with E-state index < -0.39 is 0 Å². The van der Waals surface area contributed by atoms with Gasteiger partial charge in [-0.05, 0) is 54.8 Å². The normalized spacial score (nSPS) is 10.7. The van der Waals surface area contributed by atoms with Crippen LogP contribution in [0.2, 0.25) is 5.15 Å². The van der Waals surface area contributed by atoms with Crippen molar-refractivity contribution in [2.45, 2.75) is 33.1 Å². The molecule has 2 heterocycles. The molecule has 30 heavy (non-hydrogen) atoms. The van der Waals surface area contributed by atoms with Crippen molar-refractivity contribution in [2.24, 2.45) is 0 Å². The van der Waals surface area contributed by atoms with Crippen molar-refractivity contribution in [3.05, 3.63) is 76.7 Å². The molecule has 0 aliphatic heterocycles. The molecule has 0 fully saturated rings. The Kier molecular flexibility index (Phi) is 6.95. The SMILES string of the molecule is CCC(=O)N(C)c1ccc(-c2ccc(C(=O)CCc3cccnc3Cl)cn2)cc1C. The average Bonchev–Trinajstić information content (AvgIpc) is 2.77. The molecule has 3 rings (SSSR count). The zero-order chi connectivity index (χ0) is 21.7. The summed E-state index contributed by atoms with van der Waals surface area (Å²) in [4.78, 5) is 34.6. The zero-order valence-corrected chi connectivity index (χ0v) is 18.1. The predicted octanol–water partition coefficient (Wildman–Crippen LogP) is 5.29. The van der Waals surface area contributed by atoms with Crippen LogP contribution in [0.1, 0.15) is 41.3 Å². The first kappa shape index (κ1) is 21.7. The molecule has 2 aromatic heterocycles. The maximum atomic E-state index is 12.5. The van der Waals surface area contributed by atoms with Gasteiger partial charge in [-0.3, -0.25) is 14.6 Å². The molecule has 3 aromatic rings. The van der Waals surface area contributed by atoms with E-state index in [0.29, 0.717) is 30.0 Å². The Labute approximate surface area is 181 Å². The second kappa shape index (κ2) is 9.63. The summed E-state index contributed by atoms with van der Waals surface area (Å²) in [5, 5.41) is 0.434. The number of hydrogen-bond acceptors (Lipinski definition) is 4. The topological polar surface area (TPSA) is 63.2 Å². The van der Waals surface area contributed by atoms with Gasteiger partial charge in [0.1, 0.15) is 5.15 Å². The van der Waals surface area contributed by atoms with Crippen molar-refractivity contribution < 1.29 is 9.59 Å². The minimum atomic E-state index is 0.0141. The number of rotatable bonds is 7. The molecule has 6 heteroatoms. The van der Waals surface area contributed by atoms with Crippen molar-refractivity contribution in [1.82, 2.24) is 9.97 Å². The molecular weight excluding hydrogens is 398 g/mol. The predicted molar refractivity (Wildman–Crippen MR) is 120 cm³/mol. The first-order valence-electron chi connectivity index (χ1n) is 9.87. The van der Waals surface area contributed by atoms with Gasteiger partial charge in [-0.1, -0.05) is 30.7 Å². The Morgan fingerprint density at radius 2 is 1.90 bits per heavy atom. The van der Waals surface area contributed by atoms with Crippen LogP contribution in [0.3, 0.4) is 0 Å². The Balaban J connectivity index is 1.71. The van der Waals surface area contributed by atoms with Crippen LogP contribution in [0, 0.1) is 6.92 Å². The van der Waals surface area contributed by atoms with E-state index in [9.17, 15) is 9.59 Å². The van der Waals surface area contributed by atoms with Crippen molar-refractivity contribution in [2.75, 3.05) is 11.9 Å². The number of aryl methyl sites for hydroxylation is 2. The molecule has 0 N–H and O–H groups in total. The van der Waals surface area contributed by atoms with E-state index in [4.69, 9.17) is 11.6 Å². The summed E-state index contributed by atoms with van der Waals surface area (Å²) >= 11 is 6.05. The number of hydrogen-bond donors (Lipinski definition) is 0. The van der Waals surface area contributed by atoms with E-state index in [1.807, 2.05) is 50.2 Å². The number of nitrogens with zero attached hydrogens (tertiary/aromatic N) is 3. The van der Waals surface area contributed by atoms with Crippen LogP contribution in [-0.2, 0) is 11.2 Å². The molecule has 0 saturated carbocycles. The summed E-state index contributed by atoms with van der Waals surface area (Å²) in [5.41, 5.74) is 5.02. The van der Waals surface area contributed by atoms with Gasteiger partial charge in [0.15, 0.2) is 5.78 Å². The standard InChI is InChI=1S/C24H24ClN3O2/c1-4-23(30)28(3)21-11-8-18(14-16(21)2)20-10-7-19(15-27-20)22(29)12-9-17-6-5-13-26-24(17)25/h5-8,10-11,13-15H,4,9,12H2,1-3H3. The second-order valence-electron chi connectivity index (χ2n) is 7.12. The Morgan fingerprint density at radius 1 is 1.10 bits per heavy atom. The average molecular weight is 422 g/mol. The van der Waals surface area contributed by atoms with Crippen molar-refractivity contribution in [3.63, 3.8) is 0 Å². The molecule has 0 radical (unpaired) electrons. The molecule has 1 amide bonds. The molecule has 1 aromatic carbocycles. The largest absolute Gasteiger partial charge is 0.315 e. The first-order valence-corrected chi connectivity index (χ1v) is 10.2. The fraction of sp³-hybridized carbons (Fsp3) is 0.250. The third-order valence-electron chi connectivity index (χ3n) is 5.07. The molecule has 0 unspecified atom stereocenters. The number of carbonyl (C=O) groups is 2. The van der Waals surface area contributed by atoms with Crippen molar-refractivity contribution in [3.8, 4) is 11.3 Å². The lowest BCUT2D eigenvalue weighted by atomic mass is 10.0. The van der Waals surface area contributed by atoms with Crippen LogP contribution >= 0.6 is 11.6 Å². The van der Waals surface area contributed by atoms with E-state index in [0.717, 1.165) is 28.1 Å². The highest BCUT2D eigenvalue weighted by Gasteiger charge is 2.13. The van der Waals surface area contributed by atoms with Gasteiger partial charge in [0.2, 0.25) is 5.91 Å². The van der Waals surface area contributed by atoms with Gasteiger partial charge in [0, 0.05) is 49.1 Å². The number of aromatic nitrogens is 2. The fourth-order valence-corrected chi connectivity index (χ4v) is 3.50. The number of anilines is 1. The second-order valence-corrected chi connectivity index (χ2v) is 7.47. The van der Waals surface area contributed by atoms with Crippen LogP contribution in [-0.4, -0.2) is 28.7 Å². The summed E-state index contributed by atoms with van der Waals surface area (Å²) in [5.74, 6) is 0.0830. The molecule has 5 nitrogen and oxygen atoms in total. The van der Waals surface area contributed by atoms with Gasteiger partial charge in [0.05, 0.1) is 5.69 Å². The number of carbonyl (C=O) groups excluding carboxylic acids is 2. The maximum absolute atomic E-state index is 12.5. The molecule has 0 aliphatic rings. The highest BCUT2D eigenvalue weighted by molar-refractivity contribution is 6.30. The minimum Gasteiger partial charge on any atom is -0.315 e. The van der Waals surface area contributed by atoms with Crippen molar-refractivity contribution in [1.29, 1.82) is 0 Å². The quantitative estimate of drug-likeness (QED) is 0.384. The molecule has 154 valence electrons. The smallest absolute Gasteiger partial charge is 0.226 e. The first-order chi connectivity index (χ1) is 14.4. The third kappa shape index (κ3) is 4.92. The van der Waals surface area contributed by atoms with Gasteiger partial charge in [0.25, 0.3) is 0 Å². The summed E-state index contributed by atoms with van der Waals surface area (Å²) < 4.78 is 0. The van der Waals surface area contributed by atoms with Crippen LogP contribution < -0.4 is 4.90 Å². The monoisotopic (exact) mass is 421 g/mol. The number of amides is 1. The van der Waals surface area contributed by atoms with E-state index in [1.54, 1.807) is 30.4 Å². The van der Waals surface area contributed by atoms with Crippen molar-refractivity contribution >= 4 is 29.0 Å². The van der Waals surface area contributed by atoms with Crippen LogP contribution in [0.5, 0.6) is 0 Å². The van der Waals surface area contributed by atoms with Gasteiger partial charge >= 0.3 is 0 Å². The lowest BCUT2D eigenvalue weighted by Gasteiger charge is -2.19. The Hall–Kier alpha value is -3.05. The number of benzene rings is 1. The van der Waals surface area contributed by atoms with Gasteiger partial charge in [-0.25, -0.2) is 4.98 Å². The molecule has 0 bridgehead atoms. The summed E-state index contributed by atoms with van der Waals surface area (Å²) in [6.07, 6.45) is 4.58. The number of halogens is 1. The van der Waals surface area contributed by atoms with Gasteiger partial charge in [-0.15, -0.1) is 0 Å². The van der Waals surface area contributed by atoms with Crippen LogP contribution in [0.4, 0.5) is 5.69 Å². The Bertz CT molecular complexity index is 1060. The van der Waals surface area contributed by atoms with E-state index in [-0.39, 0.29) is 11.7 Å². The highest BCUT2D eigenvalue weighted by Crippen LogP contribution is 2.26. The fourth-order valence-electron chi connectivity index (χ4n) is 3.29. The lowest BCUT2D eigenvalue weighted by molar-refractivity contribution is -0.118. The zero-order valence-electron chi connectivity index (χ0n) is 17.4. The summed E-state index contributed by atoms with van der Waals surface area (Å²) in [6.45, 7) is 3.82.